The first kappa shape index (κ1) is 16.4. The van der Waals surface area contributed by atoms with Crippen LogP contribution in [0.15, 0.2) is 60.7 Å². The number of aryl methyl sites for hydroxylation is 2. The molecule has 0 bridgehead atoms. The van der Waals surface area contributed by atoms with Gasteiger partial charge < -0.3 is 5.32 Å². The van der Waals surface area contributed by atoms with Gasteiger partial charge in [0.25, 0.3) is 5.91 Å². The van der Waals surface area contributed by atoms with E-state index < -0.39 is 0 Å². The van der Waals surface area contributed by atoms with E-state index >= 15 is 0 Å². The molecule has 122 valence electrons. The third-order valence-electron chi connectivity index (χ3n) is 3.90. The molecule has 0 aliphatic rings. The number of aromatic nitrogens is 1. The average molecular weight is 336 g/mol. The standard InChI is InChI=1S/C20H20N2OS/c1-14-19(24-15(2)21-14)20(23)22-18(17-11-7-4-8-12-17)13-16-9-5-3-6-10-16/h3-12,18H,13H2,1-2H3,(H,22,23)/t18-/m1/s1. The van der Waals surface area contributed by atoms with Gasteiger partial charge in [0.05, 0.1) is 16.7 Å². The number of thiazole rings is 1. The maximum atomic E-state index is 12.7. The first-order chi connectivity index (χ1) is 11.6. The summed E-state index contributed by atoms with van der Waals surface area (Å²) in [6.45, 7) is 3.81. The zero-order valence-electron chi connectivity index (χ0n) is 13.8. The van der Waals surface area contributed by atoms with Gasteiger partial charge in [-0.3, -0.25) is 4.79 Å². The van der Waals surface area contributed by atoms with Gasteiger partial charge in [-0.25, -0.2) is 4.98 Å². The van der Waals surface area contributed by atoms with Crippen LogP contribution < -0.4 is 5.32 Å². The molecular formula is C20H20N2OS. The Labute approximate surface area is 146 Å². The number of amides is 1. The number of carbonyl (C=O) groups is 1. The molecule has 2 aromatic carbocycles. The lowest BCUT2D eigenvalue weighted by Crippen LogP contribution is -2.29. The normalized spacial score (nSPS) is 11.9. The lowest BCUT2D eigenvalue weighted by atomic mass is 9.99. The molecule has 3 aromatic rings. The number of nitrogens with one attached hydrogen (secondary N) is 1. The second-order valence-electron chi connectivity index (χ2n) is 5.77. The summed E-state index contributed by atoms with van der Waals surface area (Å²) in [7, 11) is 0. The Morgan fingerprint density at radius 3 is 2.25 bits per heavy atom. The van der Waals surface area contributed by atoms with E-state index in [1.54, 1.807) is 0 Å². The van der Waals surface area contributed by atoms with Crippen molar-refractivity contribution in [3.63, 3.8) is 0 Å². The van der Waals surface area contributed by atoms with E-state index in [9.17, 15) is 4.79 Å². The van der Waals surface area contributed by atoms with E-state index in [0.29, 0.717) is 4.88 Å². The SMILES string of the molecule is Cc1nc(C)c(C(=O)N[C@H](Cc2ccccc2)c2ccccc2)s1. The molecule has 3 rings (SSSR count). The second-order valence-corrected chi connectivity index (χ2v) is 6.98. The van der Waals surface area contributed by atoms with Crippen molar-refractivity contribution in [3.05, 3.63) is 87.4 Å². The average Bonchev–Trinajstić information content (AvgIpc) is 2.94. The minimum absolute atomic E-state index is 0.0529. The molecule has 24 heavy (non-hydrogen) atoms. The van der Waals surface area contributed by atoms with Crippen LogP contribution in [-0.2, 0) is 6.42 Å². The highest BCUT2D eigenvalue weighted by Gasteiger charge is 2.19. The zero-order valence-corrected chi connectivity index (χ0v) is 14.6. The Morgan fingerprint density at radius 1 is 1.04 bits per heavy atom. The molecular weight excluding hydrogens is 316 g/mol. The number of hydrogen-bond donors (Lipinski definition) is 1. The minimum atomic E-state index is -0.0668. The molecule has 4 heteroatoms. The Kier molecular flexibility index (Phi) is 5.06. The van der Waals surface area contributed by atoms with Gasteiger partial charge in [-0.1, -0.05) is 60.7 Å². The molecule has 1 amide bonds. The van der Waals surface area contributed by atoms with Gasteiger partial charge in [0, 0.05) is 0 Å². The molecule has 1 atom stereocenters. The topological polar surface area (TPSA) is 42.0 Å². The zero-order chi connectivity index (χ0) is 16.9. The Morgan fingerprint density at radius 2 is 1.67 bits per heavy atom. The van der Waals surface area contributed by atoms with Crippen molar-refractivity contribution in [3.8, 4) is 0 Å². The van der Waals surface area contributed by atoms with E-state index in [1.165, 1.54) is 16.9 Å². The van der Waals surface area contributed by atoms with Crippen LogP contribution in [0.25, 0.3) is 0 Å². The fraction of sp³-hybridized carbons (Fsp3) is 0.200. The maximum absolute atomic E-state index is 12.7. The minimum Gasteiger partial charge on any atom is -0.344 e. The van der Waals surface area contributed by atoms with Crippen molar-refractivity contribution in [2.45, 2.75) is 26.3 Å². The van der Waals surface area contributed by atoms with E-state index in [0.717, 1.165) is 22.7 Å². The van der Waals surface area contributed by atoms with E-state index in [1.807, 2.05) is 50.2 Å². The van der Waals surface area contributed by atoms with Crippen LogP contribution in [0.4, 0.5) is 0 Å². The maximum Gasteiger partial charge on any atom is 0.263 e. The number of benzene rings is 2. The summed E-state index contributed by atoms with van der Waals surface area (Å²) >= 11 is 1.44. The molecule has 1 N–H and O–H groups in total. The van der Waals surface area contributed by atoms with Crippen LogP contribution in [-0.4, -0.2) is 10.9 Å². The molecule has 0 radical (unpaired) electrons. The highest BCUT2D eigenvalue weighted by Crippen LogP contribution is 2.22. The van der Waals surface area contributed by atoms with Gasteiger partial charge in [-0.2, -0.15) is 0 Å². The molecule has 0 unspecified atom stereocenters. The van der Waals surface area contributed by atoms with Gasteiger partial charge in [-0.05, 0) is 31.4 Å². The molecule has 0 spiro atoms. The van der Waals surface area contributed by atoms with Crippen molar-refractivity contribution in [2.75, 3.05) is 0 Å². The van der Waals surface area contributed by atoms with E-state index in [2.05, 4.69) is 34.6 Å². The first-order valence-electron chi connectivity index (χ1n) is 7.97. The van der Waals surface area contributed by atoms with Crippen LogP contribution in [0.1, 0.15) is 37.5 Å². The van der Waals surface area contributed by atoms with Gasteiger partial charge in [-0.15, -0.1) is 11.3 Å². The molecule has 1 heterocycles. The Balaban J connectivity index is 1.85. The second kappa shape index (κ2) is 7.41. The number of hydrogen-bond acceptors (Lipinski definition) is 3. The fourth-order valence-electron chi connectivity index (χ4n) is 2.75. The van der Waals surface area contributed by atoms with E-state index in [-0.39, 0.29) is 11.9 Å². The van der Waals surface area contributed by atoms with Crippen molar-refractivity contribution in [1.29, 1.82) is 0 Å². The third-order valence-corrected chi connectivity index (χ3v) is 4.97. The summed E-state index contributed by atoms with van der Waals surface area (Å²) in [6.07, 6.45) is 0.757. The highest BCUT2D eigenvalue weighted by molar-refractivity contribution is 7.13. The summed E-state index contributed by atoms with van der Waals surface area (Å²) in [6, 6.07) is 20.3. The van der Waals surface area contributed by atoms with Crippen LogP contribution in [0.2, 0.25) is 0 Å². The number of carbonyl (C=O) groups excluding carboxylic acids is 1. The Hall–Kier alpha value is -2.46. The third kappa shape index (κ3) is 3.89. The molecule has 0 aliphatic carbocycles. The monoisotopic (exact) mass is 336 g/mol. The summed E-state index contributed by atoms with van der Waals surface area (Å²) in [5.74, 6) is -0.0529. The summed E-state index contributed by atoms with van der Waals surface area (Å²) in [5.41, 5.74) is 3.10. The van der Waals surface area contributed by atoms with Gasteiger partial charge in [0.1, 0.15) is 4.88 Å². The first-order valence-corrected chi connectivity index (χ1v) is 8.79. The van der Waals surface area contributed by atoms with Crippen molar-refractivity contribution in [2.24, 2.45) is 0 Å². The molecule has 0 saturated heterocycles. The molecule has 0 saturated carbocycles. The predicted octanol–water partition coefficient (Wildman–Crippen LogP) is 4.47. The van der Waals surface area contributed by atoms with Crippen molar-refractivity contribution < 1.29 is 4.79 Å². The largest absolute Gasteiger partial charge is 0.344 e. The summed E-state index contributed by atoms with van der Waals surface area (Å²) in [4.78, 5) is 17.8. The van der Waals surface area contributed by atoms with Gasteiger partial charge >= 0.3 is 0 Å². The molecule has 3 nitrogen and oxygen atoms in total. The number of rotatable bonds is 5. The van der Waals surface area contributed by atoms with Crippen LogP contribution in [0.5, 0.6) is 0 Å². The molecule has 1 aromatic heterocycles. The fourth-order valence-corrected chi connectivity index (χ4v) is 3.58. The van der Waals surface area contributed by atoms with Crippen molar-refractivity contribution >= 4 is 17.2 Å². The smallest absolute Gasteiger partial charge is 0.263 e. The lowest BCUT2D eigenvalue weighted by molar-refractivity contribution is 0.0940. The van der Waals surface area contributed by atoms with Crippen LogP contribution in [0, 0.1) is 13.8 Å². The van der Waals surface area contributed by atoms with Gasteiger partial charge in [0.15, 0.2) is 0 Å². The predicted molar refractivity (Wildman–Crippen MR) is 98.4 cm³/mol. The van der Waals surface area contributed by atoms with Crippen LogP contribution in [0.3, 0.4) is 0 Å². The van der Waals surface area contributed by atoms with E-state index in [4.69, 9.17) is 0 Å². The Bertz CT molecular complexity index is 812. The van der Waals surface area contributed by atoms with Gasteiger partial charge in [0.2, 0.25) is 0 Å². The van der Waals surface area contributed by atoms with Crippen molar-refractivity contribution in [1.82, 2.24) is 10.3 Å². The summed E-state index contributed by atoms with van der Waals surface area (Å²) in [5, 5.41) is 4.10. The highest BCUT2D eigenvalue weighted by atomic mass is 32.1. The summed E-state index contributed by atoms with van der Waals surface area (Å²) < 4.78 is 0. The molecule has 0 aliphatic heterocycles. The lowest BCUT2D eigenvalue weighted by Gasteiger charge is -2.19. The molecule has 0 fully saturated rings. The quantitative estimate of drug-likeness (QED) is 0.747. The number of nitrogens with zero attached hydrogens (tertiary/aromatic N) is 1. The van der Waals surface area contributed by atoms with Crippen LogP contribution >= 0.6 is 11.3 Å².